The zero-order valence-corrected chi connectivity index (χ0v) is 12.0. The number of nitrogens with zero attached hydrogens (tertiary/aromatic N) is 2. The predicted octanol–water partition coefficient (Wildman–Crippen LogP) is 2.05. The van der Waals surface area contributed by atoms with E-state index < -0.39 is 5.97 Å². The van der Waals surface area contributed by atoms with E-state index in [9.17, 15) is 4.79 Å². The Hall–Kier alpha value is -0.610. The molecule has 0 aromatic heterocycles. The molecule has 0 aromatic carbocycles. The van der Waals surface area contributed by atoms with Gasteiger partial charge in [0.05, 0.1) is 0 Å². The molecular weight excluding hydrogens is 240 g/mol. The van der Waals surface area contributed by atoms with E-state index in [0.717, 1.165) is 19.5 Å². The minimum Gasteiger partial charge on any atom is -0.481 e. The SMILES string of the molecule is O=C(O)CCC1CCN(CCN2CCCCC2)CC1. The van der Waals surface area contributed by atoms with Crippen molar-refractivity contribution in [2.45, 2.75) is 44.9 Å². The molecule has 0 radical (unpaired) electrons. The van der Waals surface area contributed by atoms with Crippen LogP contribution in [0.5, 0.6) is 0 Å². The van der Waals surface area contributed by atoms with E-state index in [4.69, 9.17) is 5.11 Å². The van der Waals surface area contributed by atoms with Crippen molar-refractivity contribution in [1.29, 1.82) is 0 Å². The topological polar surface area (TPSA) is 43.8 Å². The van der Waals surface area contributed by atoms with Gasteiger partial charge in [-0.3, -0.25) is 4.79 Å². The Labute approximate surface area is 116 Å². The van der Waals surface area contributed by atoms with E-state index in [-0.39, 0.29) is 0 Å². The highest BCUT2D eigenvalue weighted by atomic mass is 16.4. The first-order chi connectivity index (χ1) is 9.24. The fourth-order valence-corrected chi connectivity index (χ4v) is 3.29. The summed E-state index contributed by atoms with van der Waals surface area (Å²) in [5, 5.41) is 8.71. The van der Waals surface area contributed by atoms with Gasteiger partial charge < -0.3 is 14.9 Å². The van der Waals surface area contributed by atoms with Gasteiger partial charge in [-0.25, -0.2) is 0 Å². The summed E-state index contributed by atoms with van der Waals surface area (Å²) in [6.07, 6.45) is 7.74. The number of hydrogen-bond donors (Lipinski definition) is 1. The molecule has 0 saturated carbocycles. The van der Waals surface area contributed by atoms with E-state index in [0.29, 0.717) is 12.3 Å². The van der Waals surface area contributed by atoms with Gasteiger partial charge in [0.15, 0.2) is 0 Å². The molecule has 0 spiro atoms. The van der Waals surface area contributed by atoms with Crippen LogP contribution in [0.4, 0.5) is 0 Å². The van der Waals surface area contributed by atoms with Crippen LogP contribution in [-0.4, -0.2) is 60.1 Å². The van der Waals surface area contributed by atoms with Crippen LogP contribution < -0.4 is 0 Å². The molecular formula is C15H28N2O2. The van der Waals surface area contributed by atoms with Crippen molar-refractivity contribution in [3.63, 3.8) is 0 Å². The van der Waals surface area contributed by atoms with E-state index in [2.05, 4.69) is 9.80 Å². The lowest BCUT2D eigenvalue weighted by molar-refractivity contribution is -0.137. The van der Waals surface area contributed by atoms with Gasteiger partial charge in [-0.2, -0.15) is 0 Å². The molecule has 2 aliphatic rings. The number of likely N-dealkylation sites (tertiary alicyclic amines) is 2. The Morgan fingerprint density at radius 1 is 0.947 bits per heavy atom. The Balaban J connectivity index is 1.56. The molecule has 2 heterocycles. The van der Waals surface area contributed by atoms with Gasteiger partial charge in [-0.1, -0.05) is 6.42 Å². The molecule has 2 saturated heterocycles. The average Bonchev–Trinajstić information content (AvgIpc) is 2.45. The molecule has 2 fully saturated rings. The van der Waals surface area contributed by atoms with E-state index in [1.54, 1.807) is 0 Å². The van der Waals surface area contributed by atoms with Crippen LogP contribution in [0.1, 0.15) is 44.9 Å². The van der Waals surface area contributed by atoms with E-state index in [1.807, 2.05) is 0 Å². The Morgan fingerprint density at radius 2 is 1.53 bits per heavy atom. The number of carboxylic acid groups (broad SMARTS) is 1. The van der Waals surface area contributed by atoms with Crippen LogP contribution in [0, 0.1) is 5.92 Å². The lowest BCUT2D eigenvalue weighted by Crippen LogP contribution is -2.41. The highest BCUT2D eigenvalue weighted by Gasteiger charge is 2.20. The maximum absolute atomic E-state index is 10.6. The fourth-order valence-electron chi connectivity index (χ4n) is 3.29. The Morgan fingerprint density at radius 3 is 2.11 bits per heavy atom. The molecule has 0 amide bonds. The molecule has 1 N–H and O–H groups in total. The van der Waals surface area contributed by atoms with Crippen molar-refractivity contribution in [2.24, 2.45) is 5.92 Å². The van der Waals surface area contributed by atoms with Crippen molar-refractivity contribution in [3.8, 4) is 0 Å². The molecule has 110 valence electrons. The third kappa shape index (κ3) is 5.49. The summed E-state index contributed by atoms with van der Waals surface area (Å²) in [6, 6.07) is 0. The zero-order valence-electron chi connectivity index (χ0n) is 12.0. The highest BCUT2D eigenvalue weighted by Crippen LogP contribution is 2.21. The van der Waals surface area contributed by atoms with Crippen LogP contribution in [0.25, 0.3) is 0 Å². The number of piperidine rings is 2. The molecule has 0 unspecified atom stereocenters. The lowest BCUT2D eigenvalue weighted by atomic mass is 9.92. The van der Waals surface area contributed by atoms with Gasteiger partial charge in [0.25, 0.3) is 0 Å². The first-order valence-electron chi connectivity index (χ1n) is 7.90. The summed E-state index contributed by atoms with van der Waals surface area (Å²) in [5.74, 6) is -0.00475. The fraction of sp³-hybridized carbons (Fsp3) is 0.933. The second-order valence-electron chi connectivity index (χ2n) is 6.12. The largest absolute Gasteiger partial charge is 0.481 e. The van der Waals surface area contributed by atoms with Crippen molar-refractivity contribution >= 4 is 5.97 Å². The summed E-state index contributed by atoms with van der Waals surface area (Å²) in [7, 11) is 0. The van der Waals surface area contributed by atoms with Crippen LogP contribution in [-0.2, 0) is 4.79 Å². The quantitative estimate of drug-likeness (QED) is 0.801. The maximum atomic E-state index is 10.6. The van der Waals surface area contributed by atoms with Crippen molar-refractivity contribution in [3.05, 3.63) is 0 Å². The lowest BCUT2D eigenvalue weighted by Gasteiger charge is -2.34. The Kier molecular flexibility index (Phi) is 6.11. The molecule has 2 aliphatic heterocycles. The smallest absolute Gasteiger partial charge is 0.303 e. The third-order valence-corrected chi connectivity index (χ3v) is 4.65. The summed E-state index contributed by atoms with van der Waals surface area (Å²) in [5.41, 5.74) is 0. The summed E-state index contributed by atoms with van der Waals surface area (Å²) >= 11 is 0. The van der Waals surface area contributed by atoms with Gasteiger partial charge in [0.2, 0.25) is 0 Å². The molecule has 0 aromatic rings. The number of carbonyl (C=O) groups is 1. The second-order valence-corrected chi connectivity index (χ2v) is 6.12. The average molecular weight is 268 g/mol. The maximum Gasteiger partial charge on any atom is 0.303 e. The minimum absolute atomic E-state index is 0.346. The molecule has 0 aliphatic carbocycles. The van der Waals surface area contributed by atoms with E-state index >= 15 is 0 Å². The first kappa shape index (κ1) is 14.8. The Bertz CT molecular complexity index is 269. The zero-order chi connectivity index (χ0) is 13.5. The molecule has 19 heavy (non-hydrogen) atoms. The molecule has 4 nitrogen and oxygen atoms in total. The van der Waals surface area contributed by atoms with Crippen LogP contribution in [0.3, 0.4) is 0 Å². The molecule has 2 rings (SSSR count). The van der Waals surface area contributed by atoms with Gasteiger partial charge in [-0.15, -0.1) is 0 Å². The van der Waals surface area contributed by atoms with Crippen LogP contribution in [0.2, 0.25) is 0 Å². The monoisotopic (exact) mass is 268 g/mol. The van der Waals surface area contributed by atoms with Crippen molar-refractivity contribution in [1.82, 2.24) is 9.80 Å². The standard InChI is InChI=1S/C15H28N2O2/c18-15(19)5-4-14-6-10-17(11-7-14)13-12-16-8-2-1-3-9-16/h14H,1-13H2,(H,18,19). The summed E-state index contributed by atoms with van der Waals surface area (Å²) in [6.45, 7) is 7.33. The first-order valence-corrected chi connectivity index (χ1v) is 7.90. The second kappa shape index (κ2) is 7.85. The van der Waals surface area contributed by atoms with Gasteiger partial charge >= 0.3 is 5.97 Å². The predicted molar refractivity (Wildman–Crippen MR) is 76.3 cm³/mol. The van der Waals surface area contributed by atoms with Gasteiger partial charge in [0.1, 0.15) is 0 Å². The molecule has 0 bridgehead atoms. The molecule has 4 heteroatoms. The number of aliphatic carboxylic acids is 1. The van der Waals surface area contributed by atoms with Crippen molar-refractivity contribution < 1.29 is 9.90 Å². The summed E-state index contributed by atoms with van der Waals surface area (Å²) < 4.78 is 0. The summed E-state index contributed by atoms with van der Waals surface area (Å²) in [4.78, 5) is 15.7. The number of hydrogen-bond acceptors (Lipinski definition) is 3. The van der Waals surface area contributed by atoms with Crippen molar-refractivity contribution in [2.75, 3.05) is 39.3 Å². The number of rotatable bonds is 6. The third-order valence-electron chi connectivity index (χ3n) is 4.65. The molecule has 0 atom stereocenters. The van der Waals surface area contributed by atoms with Crippen LogP contribution >= 0.6 is 0 Å². The van der Waals surface area contributed by atoms with Gasteiger partial charge in [-0.05, 0) is 64.2 Å². The van der Waals surface area contributed by atoms with E-state index in [1.165, 1.54) is 58.3 Å². The number of carboxylic acids is 1. The van der Waals surface area contributed by atoms with Crippen LogP contribution in [0.15, 0.2) is 0 Å². The minimum atomic E-state index is -0.646. The highest BCUT2D eigenvalue weighted by molar-refractivity contribution is 5.66. The normalized spacial score (nSPS) is 23.6. The van der Waals surface area contributed by atoms with Gasteiger partial charge in [0, 0.05) is 19.5 Å².